The fourth-order valence-corrected chi connectivity index (χ4v) is 3.56. The lowest BCUT2D eigenvalue weighted by atomic mass is 10.3. The summed E-state index contributed by atoms with van der Waals surface area (Å²) in [6, 6.07) is 11.2. The lowest BCUT2D eigenvalue weighted by molar-refractivity contribution is -0.698. The molecule has 2 aromatic heterocycles. The SMILES string of the molecule is C=Cc1cccc[n+]1CCCS(=O)(=O)O.C=Cc1cccc[n+]1CCCS(=O)(=O)[O-]. The van der Waals surface area contributed by atoms with Crippen LogP contribution in [0.3, 0.4) is 0 Å². The minimum absolute atomic E-state index is 0.217. The zero-order chi connectivity index (χ0) is 22.6. The molecule has 0 saturated heterocycles. The van der Waals surface area contributed by atoms with Crippen molar-refractivity contribution in [3.05, 3.63) is 73.3 Å². The average Bonchev–Trinajstić information content (AvgIpc) is 2.67. The van der Waals surface area contributed by atoms with E-state index in [0.29, 0.717) is 25.9 Å². The predicted octanol–water partition coefficient (Wildman–Crippen LogP) is 1.45. The summed E-state index contributed by atoms with van der Waals surface area (Å²) >= 11 is 0. The Kier molecular flexibility index (Phi) is 10.5. The van der Waals surface area contributed by atoms with E-state index in [2.05, 4.69) is 13.2 Å². The molecular formula is C20H27N2O6S2+. The molecule has 0 radical (unpaired) electrons. The van der Waals surface area contributed by atoms with Gasteiger partial charge in [-0.1, -0.05) is 13.2 Å². The molecule has 10 heteroatoms. The Morgan fingerprint density at radius 1 is 0.833 bits per heavy atom. The van der Waals surface area contributed by atoms with E-state index in [0.717, 1.165) is 11.4 Å². The molecule has 0 fully saturated rings. The van der Waals surface area contributed by atoms with E-state index in [4.69, 9.17) is 4.55 Å². The van der Waals surface area contributed by atoms with Gasteiger partial charge in [0.2, 0.25) is 11.4 Å². The Morgan fingerprint density at radius 3 is 1.63 bits per heavy atom. The lowest BCUT2D eigenvalue weighted by Crippen LogP contribution is -2.37. The van der Waals surface area contributed by atoms with Gasteiger partial charge in [0, 0.05) is 55.0 Å². The molecule has 1 N–H and O–H groups in total. The first-order valence-corrected chi connectivity index (χ1v) is 12.3. The van der Waals surface area contributed by atoms with Crippen LogP contribution in [0.5, 0.6) is 0 Å². The number of nitrogens with zero attached hydrogens (tertiary/aromatic N) is 2. The second kappa shape index (κ2) is 12.3. The molecular weight excluding hydrogens is 428 g/mol. The van der Waals surface area contributed by atoms with E-state index in [9.17, 15) is 21.4 Å². The van der Waals surface area contributed by atoms with Crippen LogP contribution in [0.15, 0.2) is 61.9 Å². The number of aryl methyl sites for hydroxylation is 2. The monoisotopic (exact) mass is 455 g/mol. The number of rotatable bonds is 10. The van der Waals surface area contributed by atoms with Crippen LogP contribution in [0, 0.1) is 0 Å². The molecule has 0 amide bonds. The van der Waals surface area contributed by atoms with Crippen LogP contribution in [-0.2, 0) is 33.3 Å². The van der Waals surface area contributed by atoms with Crippen LogP contribution in [0.25, 0.3) is 12.2 Å². The minimum atomic E-state index is -4.10. The highest BCUT2D eigenvalue weighted by Gasteiger charge is 2.09. The van der Waals surface area contributed by atoms with Crippen LogP contribution in [-0.4, -0.2) is 37.4 Å². The van der Waals surface area contributed by atoms with Gasteiger partial charge in [-0.2, -0.15) is 17.6 Å². The van der Waals surface area contributed by atoms with Gasteiger partial charge in [0.15, 0.2) is 12.4 Å². The topological polar surface area (TPSA) is 119 Å². The molecule has 8 nitrogen and oxygen atoms in total. The van der Waals surface area contributed by atoms with Crippen molar-refractivity contribution in [3.8, 4) is 0 Å². The van der Waals surface area contributed by atoms with E-state index in [1.165, 1.54) is 0 Å². The molecule has 0 spiro atoms. The summed E-state index contributed by atoms with van der Waals surface area (Å²) in [5.41, 5.74) is 1.83. The second-order valence-corrected chi connectivity index (χ2v) is 9.40. The van der Waals surface area contributed by atoms with Gasteiger partial charge in [-0.3, -0.25) is 4.55 Å². The molecule has 2 rings (SSSR count). The highest BCUT2D eigenvalue weighted by Crippen LogP contribution is 1.96. The molecule has 0 saturated carbocycles. The fraction of sp³-hybridized carbons (Fsp3) is 0.300. The van der Waals surface area contributed by atoms with Crippen molar-refractivity contribution >= 4 is 32.4 Å². The van der Waals surface area contributed by atoms with Gasteiger partial charge in [-0.25, -0.2) is 8.42 Å². The third kappa shape index (κ3) is 11.0. The molecule has 2 heterocycles. The van der Waals surface area contributed by atoms with Gasteiger partial charge in [0.25, 0.3) is 10.1 Å². The Labute approximate surface area is 178 Å². The Bertz CT molecular complexity index is 965. The summed E-state index contributed by atoms with van der Waals surface area (Å²) in [4.78, 5) is 0. The number of hydrogen-bond acceptors (Lipinski definition) is 5. The molecule has 0 atom stereocenters. The standard InChI is InChI=1S/2C10H13NO3S/c2*1-2-10-6-3-4-7-11(10)8-5-9-15(12,13)14/h2*2-4,6-7H,1,5,8-9H2/p+1. The first kappa shape index (κ1) is 25.6. The first-order valence-electron chi connectivity index (χ1n) is 9.16. The highest BCUT2D eigenvalue weighted by atomic mass is 32.2. The molecule has 0 aliphatic heterocycles. The van der Waals surface area contributed by atoms with Crippen molar-refractivity contribution in [2.45, 2.75) is 25.9 Å². The maximum atomic E-state index is 10.5. The van der Waals surface area contributed by atoms with Gasteiger partial charge in [0.1, 0.15) is 13.1 Å². The number of hydrogen-bond donors (Lipinski definition) is 1. The van der Waals surface area contributed by atoms with E-state index >= 15 is 0 Å². The molecule has 164 valence electrons. The van der Waals surface area contributed by atoms with Crippen LogP contribution >= 0.6 is 0 Å². The third-order valence-electron chi connectivity index (χ3n) is 3.96. The molecule has 30 heavy (non-hydrogen) atoms. The summed E-state index contributed by atoms with van der Waals surface area (Å²) in [6.07, 6.45) is 7.77. The van der Waals surface area contributed by atoms with Crippen LogP contribution in [0.4, 0.5) is 0 Å². The molecule has 2 aromatic rings. The van der Waals surface area contributed by atoms with E-state index in [-0.39, 0.29) is 11.5 Å². The van der Waals surface area contributed by atoms with Gasteiger partial charge < -0.3 is 4.55 Å². The number of pyridine rings is 2. The van der Waals surface area contributed by atoms with Crippen molar-refractivity contribution in [1.29, 1.82) is 0 Å². The van der Waals surface area contributed by atoms with Crippen LogP contribution in [0.2, 0.25) is 0 Å². The summed E-state index contributed by atoms with van der Waals surface area (Å²) in [6.45, 7) is 8.35. The van der Waals surface area contributed by atoms with Crippen LogP contribution < -0.4 is 9.13 Å². The Hall–Kier alpha value is -2.40. The van der Waals surface area contributed by atoms with Gasteiger partial charge in [0.05, 0.1) is 15.9 Å². The molecule has 0 unspecified atom stereocenters. The summed E-state index contributed by atoms with van der Waals surface area (Å²) in [5.74, 6) is -0.545. The third-order valence-corrected chi connectivity index (χ3v) is 5.56. The molecule has 0 bridgehead atoms. The quantitative estimate of drug-likeness (QED) is 0.428. The molecule has 0 aliphatic rings. The number of aromatic nitrogens is 2. The minimum Gasteiger partial charge on any atom is -0.748 e. The maximum absolute atomic E-state index is 10.5. The highest BCUT2D eigenvalue weighted by molar-refractivity contribution is 7.85. The van der Waals surface area contributed by atoms with E-state index < -0.39 is 20.2 Å². The van der Waals surface area contributed by atoms with Crippen molar-refractivity contribution in [1.82, 2.24) is 0 Å². The zero-order valence-corrected chi connectivity index (χ0v) is 18.3. The van der Waals surface area contributed by atoms with Gasteiger partial charge in [-0.05, 0) is 12.1 Å². The maximum Gasteiger partial charge on any atom is 0.265 e. The second-order valence-electron chi connectivity index (χ2n) is 6.30. The summed E-state index contributed by atoms with van der Waals surface area (Å²) < 4.78 is 64.5. The Balaban J connectivity index is 0.000000300. The lowest BCUT2D eigenvalue weighted by Gasteiger charge is -2.04. The van der Waals surface area contributed by atoms with Gasteiger partial charge >= 0.3 is 0 Å². The van der Waals surface area contributed by atoms with Gasteiger partial charge in [-0.15, -0.1) is 0 Å². The molecule has 0 aliphatic carbocycles. The average molecular weight is 456 g/mol. The van der Waals surface area contributed by atoms with Crippen molar-refractivity contribution < 1.29 is 35.1 Å². The largest absolute Gasteiger partial charge is 0.748 e. The Morgan fingerprint density at radius 2 is 1.27 bits per heavy atom. The summed E-state index contributed by atoms with van der Waals surface area (Å²) in [7, 11) is -7.96. The van der Waals surface area contributed by atoms with Crippen molar-refractivity contribution in [3.63, 3.8) is 0 Å². The molecule has 0 aromatic carbocycles. The predicted molar refractivity (Wildman–Crippen MR) is 114 cm³/mol. The zero-order valence-electron chi connectivity index (χ0n) is 16.6. The van der Waals surface area contributed by atoms with Crippen molar-refractivity contribution in [2.24, 2.45) is 0 Å². The normalized spacial score (nSPS) is 11.3. The fourth-order valence-electron chi connectivity index (χ4n) is 2.59. The summed E-state index contributed by atoms with van der Waals surface area (Å²) in [5, 5.41) is 0. The first-order chi connectivity index (χ1) is 14.1. The van der Waals surface area contributed by atoms with Crippen molar-refractivity contribution in [2.75, 3.05) is 11.5 Å². The van der Waals surface area contributed by atoms with E-state index in [1.807, 2.05) is 57.9 Å². The van der Waals surface area contributed by atoms with E-state index in [1.54, 1.807) is 12.2 Å². The smallest absolute Gasteiger partial charge is 0.265 e. The van der Waals surface area contributed by atoms with Crippen LogP contribution in [0.1, 0.15) is 24.2 Å².